The average molecular weight is 359 g/mol. The van der Waals surface area contributed by atoms with E-state index in [1.54, 1.807) is 27.8 Å². The summed E-state index contributed by atoms with van der Waals surface area (Å²) in [6.07, 6.45) is 0. The molecule has 22 heavy (non-hydrogen) atoms. The number of phenols is 1. The van der Waals surface area contributed by atoms with Crippen LogP contribution < -0.4 is 5.56 Å². The molecule has 4 aromatic rings. The topological polar surface area (TPSA) is 55.1 Å². The maximum atomic E-state index is 13.3. The summed E-state index contributed by atoms with van der Waals surface area (Å²) in [5.41, 5.74) is 0.197. The number of benzene rings is 2. The third-order valence-corrected chi connectivity index (χ3v) is 5.72. The van der Waals surface area contributed by atoms with E-state index in [1.165, 1.54) is 12.1 Å². The molecule has 0 aliphatic carbocycles. The van der Waals surface area contributed by atoms with Crippen molar-refractivity contribution in [2.75, 3.05) is 0 Å². The molecule has 4 rings (SSSR count). The number of nitrogens with zero attached hydrogens (tertiary/aromatic N) is 2. The number of halogens is 1. The first-order valence-corrected chi connectivity index (χ1v) is 8.16. The zero-order chi connectivity index (χ0) is 15.3. The summed E-state index contributed by atoms with van der Waals surface area (Å²) in [5, 5.41) is 11.1. The molecule has 2 heterocycles. The van der Waals surface area contributed by atoms with Crippen molar-refractivity contribution in [1.29, 1.82) is 0 Å². The SMILES string of the molecule is O=c1c2cc(F)ccc2[se]n1-c1ccc2cccc(O)c2n1. The van der Waals surface area contributed by atoms with E-state index in [4.69, 9.17) is 0 Å². The number of hydrogen-bond acceptors (Lipinski definition) is 3. The Morgan fingerprint density at radius 2 is 2.00 bits per heavy atom. The number of pyridine rings is 1. The van der Waals surface area contributed by atoms with E-state index >= 15 is 0 Å². The van der Waals surface area contributed by atoms with Gasteiger partial charge in [0.2, 0.25) is 0 Å². The van der Waals surface area contributed by atoms with Crippen molar-refractivity contribution in [3.05, 3.63) is 64.7 Å². The van der Waals surface area contributed by atoms with Crippen LogP contribution in [-0.2, 0) is 0 Å². The molecule has 0 radical (unpaired) electrons. The third kappa shape index (κ3) is 1.96. The van der Waals surface area contributed by atoms with E-state index < -0.39 is 5.82 Å². The second kappa shape index (κ2) is 4.80. The van der Waals surface area contributed by atoms with Crippen LogP contribution in [0.25, 0.3) is 26.4 Å². The van der Waals surface area contributed by atoms with E-state index in [1.807, 2.05) is 12.1 Å². The van der Waals surface area contributed by atoms with Crippen LogP contribution in [0.2, 0.25) is 0 Å². The van der Waals surface area contributed by atoms with Gasteiger partial charge in [-0.15, -0.1) is 0 Å². The average Bonchev–Trinajstić information content (AvgIpc) is 2.84. The fourth-order valence-corrected chi connectivity index (χ4v) is 4.37. The van der Waals surface area contributed by atoms with Crippen molar-refractivity contribution >= 4 is 35.3 Å². The molecule has 4 nitrogen and oxygen atoms in total. The predicted octanol–water partition coefficient (Wildman–Crippen LogP) is 2.44. The number of fused-ring (bicyclic) bond motifs is 2. The molecular weight excluding hydrogens is 350 g/mol. The zero-order valence-corrected chi connectivity index (χ0v) is 12.9. The summed E-state index contributed by atoms with van der Waals surface area (Å²) in [6.45, 7) is 0. The van der Waals surface area contributed by atoms with Gasteiger partial charge in [-0.1, -0.05) is 0 Å². The Labute approximate surface area is 130 Å². The Morgan fingerprint density at radius 1 is 1.14 bits per heavy atom. The first-order chi connectivity index (χ1) is 10.6. The second-order valence-corrected chi connectivity index (χ2v) is 6.92. The van der Waals surface area contributed by atoms with Crippen LogP contribution in [-0.4, -0.2) is 28.4 Å². The molecule has 2 aromatic heterocycles. The first kappa shape index (κ1) is 13.2. The van der Waals surface area contributed by atoms with Crippen molar-refractivity contribution in [2.24, 2.45) is 0 Å². The van der Waals surface area contributed by atoms with Gasteiger partial charge < -0.3 is 0 Å². The minimum absolute atomic E-state index is 0.0713. The number of rotatable bonds is 1. The van der Waals surface area contributed by atoms with E-state index in [9.17, 15) is 14.3 Å². The first-order valence-electron chi connectivity index (χ1n) is 6.54. The fourth-order valence-electron chi connectivity index (χ4n) is 2.38. The molecule has 0 aliphatic rings. The summed E-state index contributed by atoms with van der Waals surface area (Å²) in [7, 11) is 0. The normalized spacial score (nSPS) is 11.3. The van der Waals surface area contributed by atoms with Crippen molar-refractivity contribution < 1.29 is 9.50 Å². The molecule has 0 amide bonds. The second-order valence-electron chi connectivity index (χ2n) is 4.85. The van der Waals surface area contributed by atoms with Crippen LogP contribution in [0.3, 0.4) is 0 Å². The van der Waals surface area contributed by atoms with Crippen LogP contribution in [0.5, 0.6) is 5.75 Å². The molecule has 0 saturated carbocycles. The Kier molecular flexibility index (Phi) is 2.89. The van der Waals surface area contributed by atoms with E-state index in [-0.39, 0.29) is 26.0 Å². The van der Waals surface area contributed by atoms with Gasteiger partial charge in [0, 0.05) is 0 Å². The fraction of sp³-hybridized carbons (Fsp3) is 0. The summed E-state index contributed by atoms with van der Waals surface area (Å²) in [5.74, 6) is 0.117. The van der Waals surface area contributed by atoms with Crippen LogP contribution in [0.4, 0.5) is 4.39 Å². The Morgan fingerprint density at radius 3 is 2.86 bits per heavy atom. The molecule has 0 unspecified atom stereocenters. The van der Waals surface area contributed by atoms with Gasteiger partial charge in [-0.3, -0.25) is 0 Å². The van der Waals surface area contributed by atoms with Crippen molar-refractivity contribution in [2.45, 2.75) is 0 Å². The van der Waals surface area contributed by atoms with Crippen LogP contribution in [0.1, 0.15) is 0 Å². The van der Waals surface area contributed by atoms with Crippen LogP contribution in [0, 0.1) is 5.82 Å². The van der Waals surface area contributed by atoms with Gasteiger partial charge >= 0.3 is 130 Å². The quantitative estimate of drug-likeness (QED) is 0.531. The maximum absolute atomic E-state index is 13.3. The molecule has 2 aromatic carbocycles. The van der Waals surface area contributed by atoms with Crippen molar-refractivity contribution in [1.82, 2.24) is 8.55 Å². The summed E-state index contributed by atoms with van der Waals surface area (Å²) in [6, 6.07) is 12.9. The summed E-state index contributed by atoms with van der Waals surface area (Å²) >= 11 is -0.287. The van der Waals surface area contributed by atoms with Gasteiger partial charge in [-0.05, 0) is 0 Å². The van der Waals surface area contributed by atoms with E-state index in [0.717, 1.165) is 9.65 Å². The van der Waals surface area contributed by atoms with Gasteiger partial charge in [-0.25, -0.2) is 0 Å². The Bertz CT molecular complexity index is 1080. The molecule has 0 aliphatic heterocycles. The summed E-state index contributed by atoms with van der Waals surface area (Å²) < 4.78 is 15.7. The molecule has 0 bridgehead atoms. The van der Waals surface area contributed by atoms with Gasteiger partial charge in [0.25, 0.3) is 0 Å². The minimum atomic E-state index is -0.422. The predicted molar refractivity (Wildman–Crippen MR) is 83.4 cm³/mol. The van der Waals surface area contributed by atoms with Crippen molar-refractivity contribution in [3.63, 3.8) is 0 Å². The van der Waals surface area contributed by atoms with Gasteiger partial charge in [-0.2, -0.15) is 0 Å². The summed E-state index contributed by atoms with van der Waals surface area (Å²) in [4.78, 5) is 16.8. The van der Waals surface area contributed by atoms with Gasteiger partial charge in [0.15, 0.2) is 0 Å². The molecule has 0 atom stereocenters. The van der Waals surface area contributed by atoms with Crippen LogP contribution >= 0.6 is 0 Å². The molecule has 0 fully saturated rings. The monoisotopic (exact) mass is 360 g/mol. The number of phenolic OH excluding ortho intramolecular Hbond substituents is 1. The Hall–Kier alpha value is -2.43. The van der Waals surface area contributed by atoms with Crippen molar-refractivity contribution in [3.8, 4) is 11.6 Å². The van der Waals surface area contributed by atoms with Gasteiger partial charge in [0.05, 0.1) is 0 Å². The number of hydrogen-bond donors (Lipinski definition) is 1. The molecule has 6 heteroatoms. The molecule has 108 valence electrons. The standard InChI is InChI=1S/C16H9FN2O2Se/c17-10-5-6-13-11(8-10)16(21)19(22-13)14-7-4-9-2-1-3-12(20)15(9)18-14/h1-8,20H. The molecule has 1 N–H and O–H groups in total. The molecule has 0 spiro atoms. The number of aromatic hydroxyl groups is 1. The number of aromatic nitrogens is 2. The third-order valence-electron chi connectivity index (χ3n) is 3.44. The van der Waals surface area contributed by atoms with Gasteiger partial charge in [0.1, 0.15) is 0 Å². The molecular formula is C16H9FN2O2Se. The Balaban J connectivity index is 2.01. The van der Waals surface area contributed by atoms with E-state index in [2.05, 4.69) is 4.98 Å². The van der Waals surface area contributed by atoms with Crippen LogP contribution in [0.15, 0.2) is 53.3 Å². The molecule has 0 saturated heterocycles. The number of para-hydroxylation sites is 1. The zero-order valence-electron chi connectivity index (χ0n) is 11.2. The van der Waals surface area contributed by atoms with E-state index in [0.29, 0.717) is 16.7 Å².